The molecule has 2 aromatic rings. The van der Waals surface area contributed by atoms with E-state index in [4.69, 9.17) is 0 Å². The van der Waals surface area contributed by atoms with Crippen molar-refractivity contribution >= 4 is 29.2 Å². The number of para-hydroxylation sites is 1. The number of hydrogen-bond donors (Lipinski definition) is 2. The zero-order valence-electron chi connectivity index (χ0n) is 10.8. The minimum atomic E-state index is 0. The normalized spacial score (nSPS) is 16.0. The Balaban J connectivity index is 0.00000133. The van der Waals surface area contributed by atoms with Gasteiger partial charge in [0, 0.05) is 16.9 Å². The topological polar surface area (TPSA) is 44.9 Å². The van der Waals surface area contributed by atoms with Crippen LogP contribution in [0.2, 0.25) is 0 Å². The highest BCUT2D eigenvalue weighted by molar-refractivity contribution is 5.98. The molecule has 1 fully saturated rings. The molecule has 1 aromatic carbocycles. The highest BCUT2D eigenvalue weighted by atomic mass is 35.5. The maximum Gasteiger partial charge on any atom is 0.267 e. The van der Waals surface area contributed by atoms with Crippen LogP contribution in [-0.4, -0.2) is 16.9 Å². The fourth-order valence-corrected chi connectivity index (χ4v) is 2.71. The summed E-state index contributed by atoms with van der Waals surface area (Å²) in [6.45, 7) is 0. The molecule has 0 saturated heterocycles. The number of nitrogens with one attached hydrogen (secondary N) is 2. The Morgan fingerprint density at radius 1 is 1.16 bits per heavy atom. The number of fused-ring (bicyclic) bond motifs is 1. The van der Waals surface area contributed by atoms with Crippen molar-refractivity contribution in [2.75, 3.05) is 0 Å². The predicted molar refractivity (Wildman–Crippen MR) is 79.9 cm³/mol. The van der Waals surface area contributed by atoms with Gasteiger partial charge in [-0.05, 0) is 25.0 Å². The molecule has 1 aliphatic rings. The Kier molecular flexibility index (Phi) is 4.48. The van der Waals surface area contributed by atoms with Crippen molar-refractivity contribution in [3.8, 4) is 0 Å². The van der Waals surface area contributed by atoms with E-state index in [-0.39, 0.29) is 18.3 Å². The van der Waals surface area contributed by atoms with Crippen LogP contribution in [0.4, 0.5) is 0 Å². The van der Waals surface area contributed by atoms with Crippen molar-refractivity contribution < 1.29 is 4.79 Å². The van der Waals surface area contributed by atoms with Crippen LogP contribution in [0.25, 0.3) is 10.9 Å². The quantitative estimate of drug-likeness (QED) is 0.865. The first-order valence-electron chi connectivity index (χ1n) is 6.71. The van der Waals surface area contributed by atoms with Gasteiger partial charge in [-0.2, -0.15) is 0 Å². The van der Waals surface area contributed by atoms with Gasteiger partial charge in [0.2, 0.25) is 0 Å². The Hall–Kier alpha value is -1.48. The lowest BCUT2D eigenvalue weighted by Crippen LogP contribution is -2.36. The number of hydrogen-bond acceptors (Lipinski definition) is 1. The van der Waals surface area contributed by atoms with E-state index in [0.29, 0.717) is 11.7 Å². The molecule has 1 amide bonds. The number of aromatic nitrogens is 1. The van der Waals surface area contributed by atoms with E-state index in [1.807, 2.05) is 30.3 Å². The van der Waals surface area contributed by atoms with Crippen LogP contribution < -0.4 is 5.32 Å². The zero-order chi connectivity index (χ0) is 12.4. The zero-order valence-corrected chi connectivity index (χ0v) is 11.6. The van der Waals surface area contributed by atoms with Crippen molar-refractivity contribution in [2.24, 2.45) is 0 Å². The summed E-state index contributed by atoms with van der Waals surface area (Å²) in [4.78, 5) is 15.3. The van der Waals surface area contributed by atoms with E-state index in [1.54, 1.807) is 0 Å². The van der Waals surface area contributed by atoms with E-state index in [1.165, 1.54) is 19.3 Å². The first kappa shape index (κ1) is 13.9. The Morgan fingerprint density at radius 2 is 1.89 bits per heavy atom. The molecule has 3 nitrogen and oxygen atoms in total. The Bertz CT molecular complexity index is 525. The maximum atomic E-state index is 12.1. The van der Waals surface area contributed by atoms with E-state index >= 15 is 0 Å². The SMILES string of the molecule is Cl.O=C(NC1CCCCC1)c1cc2ccccc2[nH]1. The number of aromatic amines is 1. The van der Waals surface area contributed by atoms with Crippen molar-refractivity contribution in [2.45, 2.75) is 38.1 Å². The van der Waals surface area contributed by atoms with Crippen LogP contribution in [-0.2, 0) is 0 Å². The van der Waals surface area contributed by atoms with Crippen LogP contribution in [0.1, 0.15) is 42.6 Å². The second kappa shape index (κ2) is 6.11. The predicted octanol–water partition coefficient (Wildman–Crippen LogP) is 3.65. The number of H-pyrrole nitrogens is 1. The molecule has 0 atom stereocenters. The van der Waals surface area contributed by atoms with E-state index in [0.717, 1.165) is 23.7 Å². The third-order valence-corrected chi connectivity index (χ3v) is 3.71. The first-order chi connectivity index (χ1) is 8.83. The lowest BCUT2D eigenvalue weighted by atomic mass is 9.95. The van der Waals surface area contributed by atoms with Gasteiger partial charge in [-0.3, -0.25) is 4.79 Å². The van der Waals surface area contributed by atoms with Crippen LogP contribution in [0.3, 0.4) is 0 Å². The molecule has 19 heavy (non-hydrogen) atoms. The minimum absolute atomic E-state index is 0. The summed E-state index contributed by atoms with van der Waals surface area (Å²) in [5, 5.41) is 4.22. The van der Waals surface area contributed by atoms with E-state index in [2.05, 4.69) is 10.3 Å². The first-order valence-corrected chi connectivity index (χ1v) is 6.71. The molecule has 1 aliphatic carbocycles. The highest BCUT2D eigenvalue weighted by Gasteiger charge is 2.17. The van der Waals surface area contributed by atoms with Gasteiger partial charge in [0.05, 0.1) is 0 Å². The van der Waals surface area contributed by atoms with Gasteiger partial charge in [0.25, 0.3) is 5.91 Å². The average Bonchev–Trinajstić information content (AvgIpc) is 2.84. The van der Waals surface area contributed by atoms with Gasteiger partial charge < -0.3 is 10.3 Å². The Morgan fingerprint density at radius 3 is 2.63 bits per heavy atom. The maximum absolute atomic E-state index is 12.1. The molecule has 4 heteroatoms. The van der Waals surface area contributed by atoms with Gasteiger partial charge in [0.1, 0.15) is 5.69 Å². The number of amides is 1. The van der Waals surface area contributed by atoms with Crippen LogP contribution >= 0.6 is 12.4 Å². The van der Waals surface area contributed by atoms with Crippen molar-refractivity contribution in [1.82, 2.24) is 10.3 Å². The lowest BCUT2D eigenvalue weighted by molar-refractivity contribution is 0.0923. The number of carbonyl (C=O) groups excluding carboxylic acids is 1. The molecule has 0 aliphatic heterocycles. The van der Waals surface area contributed by atoms with Crippen molar-refractivity contribution in [3.63, 3.8) is 0 Å². The van der Waals surface area contributed by atoms with Gasteiger partial charge in [-0.1, -0.05) is 37.5 Å². The van der Waals surface area contributed by atoms with Gasteiger partial charge >= 0.3 is 0 Å². The molecular weight excluding hydrogens is 260 g/mol. The summed E-state index contributed by atoms with van der Waals surface area (Å²) in [5.41, 5.74) is 1.69. The summed E-state index contributed by atoms with van der Waals surface area (Å²) in [7, 11) is 0. The fraction of sp³-hybridized carbons (Fsp3) is 0.400. The molecule has 102 valence electrons. The second-order valence-electron chi connectivity index (χ2n) is 5.08. The molecule has 3 rings (SSSR count). The molecule has 0 unspecified atom stereocenters. The summed E-state index contributed by atoms with van der Waals surface area (Å²) in [6, 6.07) is 10.3. The van der Waals surface area contributed by atoms with Crippen molar-refractivity contribution in [3.05, 3.63) is 36.0 Å². The smallest absolute Gasteiger partial charge is 0.267 e. The van der Waals surface area contributed by atoms with E-state index < -0.39 is 0 Å². The molecule has 1 saturated carbocycles. The molecule has 0 radical (unpaired) electrons. The molecule has 1 heterocycles. The lowest BCUT2D eigenvalue weighted by Gasteiger charge is -2.22. The summed E-state index contributed by atoms with van der Waals surface area (Å²) in [6.07, 6.45) is 6.01. The summed E-state index contributed by atoms with van der Waals surface area (Å²) in [5.74, 6) is 0.0260. The van der Waals surface area contributed by atoms with Crippen LogP contribution in [0, 0.1) is 0 Å². The molecule has 1 aromatic heterocycles. The molecule has 0 spiro atoms. The van der Waals surface area contributed by atoms with E-state index in [9.17, 15) is 4.79 Å². The third-order valence-electron chi connectivity index (χ3n) is 3.71. The number of rotatable bonds is 2. The minimum Gasteiger partial charge on any atom is -0.351 e. The standard InChI is InChI=1S/C15H18N2O.ClH/c18-15(16-12-7-2-1-3-8-12)14-10-11-6-4-5-9-13(11)17-14;/h4-6,9-10,12,17H,1-3,7-8H2,(H,16,18);1H. The second-order valence-corrected chi connectivity index (χ2v) is 5.08. The van der Waals surface area contributed by atoms with Gasteiger partial charge in [-0.25, -0.2) is 0 Å². The van der Waals surface area contributed by atoms with Gasteiger partial charge in [0.15, 0.2) is 0 Å². The summed E-state index contributed by atoms with van der Waals surface area (Å²) >= 11 is 0. The average molecular weight is 279 g/mol. The van der Waals surface area contributed by atoms with Crippen LogP contribution in [0.15, 0.2) is 30.3 Å². The Labute approximate surface area is 119 Å². The number of halogens is 1. The molecular formula is C15H19ClN2O. The van der Waals surface area contributed by atoms with Crippen LogP contribution in [0.5, 0.6) is 0 Å². The number of benzene rings is 1. The van der Waals surface area contributed by atoms with Crippen molar-refractivity contribution in [1.29, 1.82) is 0 Å². The third kappa shape index (κ3) is 3.10. The monoisotopic (exact) mass is 278 g/mol. The summed E-state index contributed by atoms with van der Waals surface area (Å²) < 4.78 is 0. The highest BCUT2D eigenvalue weighted by Crippen LogP contribution is 2.19. The molecule has 2 N–H and O–H groups in total. The molecule has 0 bridgehead atoms. The number of carbonyl (C=O) groups is 1. The fourth-order valence-electron chi connectivity index (χ4n) is 2.71. The van der Waals surface area contributed by atoms with Gasteiger partial charge in [-0.15, -0.1) is 12.4 Å². The largest absolute Gasteiger partial charge is 0.351 e.